The van der Waals surface area contributed by atoms with Crippen LogP contribution in [0.4, 0.5) is 0 Å². The van der Waals surface area contributed by atoms with Crippen LogP contribution in [0, 0.1) is 6.92 Å². The lowest BCUT2D eigenvalue weighted by atomic mass is 10.3. The molecule has 0 saturated heterocycles. The Labute approximate surface area is 120 Å². The molecule has 0 N–H and O–H groups in total. The fourth-order valence-corrected chi connectivity index (χ4v) is 2.27. The van der Waals surface area contributed by atoms with Crippen molar-refractivity contribution >= 4 is 17.6 Å². The van der Waals surface area contributed by atoms with Crippen LogP contribution in [-0.2, 0) is 7.05 Å². The minimum Gasteiger partial charge on any atom is -1.00 e. The largest absolute Gasteiger partial charge is 1.00 e. The summed E-state index contributed by atoms with van der Waals surface area (Å²) in [7, 11) is 1.66. The second-order valence-electron chi connectivity index (χ2n) is 3.52. The minimum absolute atomic E-state index is 0. The van der Waals surface area contributed by atoms with E-state index in [0.29, 0.717) is 17.0 Å². The van der Waals surface area contributed by atoms with Crippen LogP contribution in [0.25, 0.3) is 5.82 Å². The highest BCUT2D eigenvalue weighted by Crippen LogP contribution is 2.08. The lowest BCUT2D eigenvalue weighted by Gasteiger charge is -1.98. The maximum atomic E-state index is 11.5. The zero-order valence-corrected chi connectivity index (χ0v) is 12.4. The molecular weight excluding hydrogens is 351 g/mol. The second-order valence-corrected chi connectivity index (χ2v) is 4.51. The summed E-state index contributed by atoms with van der Waals surface area (Å²) in [5.41, 5.74) is 1.13. The zero-order valence-electron chi connectivity index (χ0n) is 9.38. The first-order valence-electron chi connectivity index (χ1n) is 4.77. The minimum atomic E-state index is -0.134. The third-order valence-corrected chi connectivity index (χ3v) is 3.30. The molecule has 0 saturated carbocycles. The van der Waals surface area contributed by atoms with Gasteiger partial charge in [0.2, 0.25) is 0 Å². The van der Waals surface area contributed by atoms with Crippen LogP contribution in [0.1, 0.15) is 15.2 Å². The van der Waals surface area contributed by atoms with Gasteiger partial charge in [-0.05, 0) is 36.0 Å². The van der Waals surface area contributed by atoms with Gasteiger partial charge in [-0.3, -0.25) is 4.79 Å². The number of thiazole rings is 1. The van der Waals surface area contributed by atoms with Crippen molar-refractivity contribution in [2.45, 2.75) is 6.92 Å². The van der Waals surface area contributed by atoms with Crippen molar-refractivity contribution in [2.75, 3.05) is 0 Å². The average molecular weight is 362 g/mol. The van der Waals surface area contributed by atoms with Crippen molar-refractivity contribution in [2.24, 2.45) is 7.05 Å². The van der Waals surface area contributed by atoms with Crippen LogP contribution in [0.2, 0.25) is 0 Å². The summed E-state index contributed by atoms with van der Waals surface area (Å²) in [6, 6.07) is 3.85. The first-order chi connectivity index (χ1) is 7.63. The highest BCUT2D eigenvalue weighted by atomic mass is 127. The Balaban J connectivity index is 0.00000144. The molecule has 0 atom stereocenters. The van der Waals surface area contributed by atoms with Crippen molar-refractivity contribution in [1.29, 1.82) is 0 Å². The summed E-state index contributed by atoms with van der Waals surface area (Å²) < 4.78 is 3.25. The van der Waals surface area contributed by atoms with Gasteiger partial charge in [0, 0.05) is 0 Å². The van der Waals surface area contributed by atoms with Crippen LogP contribution in [0.3, 0.4) is 0 Å². The molecule has 4 nitrogen and oxygen atoms in total. The van der Waals surface area contributed by atoms with Gasteiger partial charge in [0.25, 0.3) is 0 Å². The number of hydrogen-bond donors (Lipinski definition) is 0. The molecule has 6 heteroatoms. The second kappa shape index (κ2) is 5.54. The van der Waals surface area contributed by atoms with E-state index in [2.05, 4.69) is 0 Å². The Kier molecular flexibility index (Phi) is 4.58. The predicted molar refractivity (Wildman–Crippen MR) is 61.2 cm³/mol. The molecule has 2 aromatic heterocycles. The zero-order chi connectivity index (χ0) is 11.7. The van der Waals surface area contributed by atoms with Crippen LogP contribution in [0.5, 0.6) is 0 Å². The molecular formula is C11H11IN2O2S. The molecule has 0 radical (unpaired) electrons. The molecule has 0 aliphatic heterocycles. The van der Waals surface area contributed by atoms with Gasteiger partial charge in [0.15, 0.2) is 11.2 Å². The van der Waals surface area contributed by atoms with Crippen LogP contribution >= 0.6 is 11.3 Å². The number of aromatic nitrogens is 2. The Morgan fingerprint density at radius 1 is 1.35 bits per heavy atom. The van der Waals surface area contributed by atoms with Gasteiger partial charge in [-0.15, -0.1) is 0 Å². The highest BCUT2D eigenvalue weighted by molar-refractivity contribution is 7.11. The van der Waals surface area contributed by atoms with Crippen molar-refractivity contribution in [3.05, 3.63) is 44.6 Å². The van der Waals surface area contributed by atoms with Crippen LogP contribution < -0.4 is 33.4 Å². The fraction of sp³-hybridized carbons (Fsp3) is 0.182. The van der Waals surface area contributed by atoms with E-state index in [4.69, 9.17) is 0 Å². The number of hydrogen-bond acceptors (Lipinski definition) is 3. The maximum Gasteiger partial charge on any atom is 0.392 e. The van der Waals surface area contributed by atoms with E-state index in [0.717, 1.165) is 16.9 Å². The van der Waals surface area contributed by atoms with E-state index in [-0.39, 0.29) is 28.8 Å². The van der Waals surface area contributed by atoms with Gasteiger partial charge in [0.1, 0.15) is 0 Å². The maximum absolute atomic E-state index is 11.5. The summed E-state index contributed by atoms with van der Waals surface area (Å²) in [6.45, 7) is 1.98. The van der Waals surface area contributed by atoms with E-state index in [1.165, 1.54) is 4.57 Å². The number of nitrogens with zero attached hydrogens (tertiary/aromatic N) is 2. The third kappa shape index (κ3) is 2.63. The van der Waals surface area contributed by atoms with E-state index < -0.39 is 0 Å². The van der Waals surface area contributed by atoms with E-state index >= 15 is 0 Å². The molecule has 0 aliphatic carbocycles. The fourth-order valence-electron chi connectivity index (χ4n) is 1.48. The molecule has 90 valence electrons. The van der Waals surface area contributed by atoms with E-state index in [1.807, 2.05) is 31.5 Å². The number of halogens is 1. The van der Waals surface area contributed by atoms with Gasteiger partial charge in [-0.2, -0.15) is 4.57 Å². The lowest BCUT2D eigenvalue weighted by molar-refractivity contribution is -0.601. The molecule has 0 aliphatic rings. The summed E-state index contributed by atoms with van der Waals surface area (Å²) in [6.07, 6.45) is 4.39. The van der Waals surface area contributed by atoms with Crippen molar-refractivity contribution in [3.63, 3.8) is 0 Å². The van der Waals surface area contributed by atoms with Gasteiger partial charge >= 0.3 is 10.7 Å². The molecule has 0 aromatic carbocycles. The SMILES string of the molecule is Cc1cc[n+](-c2c(C=O)sc(=O)n2C)cc1.[I-]. The summed E-state index contributed by atoms with van der Waals surface area (Å²) in [4.78, 5) is 22.7. The van der Waals surface area contributed by atoms with Crippen LogP contribution in [-0.4, -0.2) is 10.9 Å². The van der Waals surface area contributed by atoms with Crippen molar-refractivity contribution in [3.8, 4) is 5.82 Å². The topological polar surface area (TPSA) is 42.9 Å². The summed E-state index contributed by atoms with van der Waals surface area (Å²) in [5, 5.41) is 0. The quantitative estimate of drug-likeness (QED) is 0.347. The average Bonchev–Trinajstić information content (AvgIpc) is 2.57. The Hall–Kier alpha value is -1.02. The van der Waals surface area contributed by atoms with Gasteiger partial charge in [0.05, 0.1) is 19.4 Å². The number of rotatable bonds is 2. The van der Waals surface area contributed by atoms with E-state index in [9.17, 15) is 9.59 Å². The Bertz CT molecular complexity index is 587. The number of aryl methyl sites for hydroxylation is 1. The summed E-state index contributed by atoms with van der Waals surface area (Å²) >= 11 is 0.959. The first-order valence-corrected chi connectivity index (χ1v) is 5.58. The van der Waals surface area contributed by atoms with Crippen molar-refractivity contribution in [1.82, 2.24) is 4.57 Å². The predicted octanol–water partition coefficient (Wildman–Crippen LogP) is -2.15. The molecule has 0 spiro atoms. The molecule has 2 heterocycles. The molecule has 0 unspecified atom stereocenters. The van der Waals surface area contributed by atoms with E-state index in [1.54, 1.807) is 11.6 Å². The molecule has 0 amide bonds. The Morgan fingerprint density at radius 2 is 1.94 bits per heavy atom. The number of carbonyl (C=O) groups excluding carboxylic acids is 1. The molecule has 0 fully saturated rings. The monoisotopic (exact) mass is 362 g/mol. The molecule has 17 heavy (non-hydrogen) atoms. The highest BCUT2D eigenvalue weighted by Gasteiger charge is 2.21. The summed E-state index contributed by atoms with van der Waals surface area (Å²) in [5.74, 6) is 0.616. The normalized spacial score (nSPS) is 9.76. The number of pyridine rings is 1. The number of aldehydes is 1. The molecule has 2 rings (SSSR count). The smallest absolute Gasteiger partial charge is 0.392 e. The lowest BCUT2D eigenvalue weighted by Crippen LogP contribution is -3.00. The third-order valence-electron chi connectivity index (χ3n) is 2.36. The standard InChI is InChI=1S/C11H11N2O2S.HI/c1-8-3-5-13(6-4-8)10-9(7-14)16-11(15)12(10)2;/h3-7H,1-2H3;1H/q+1;/p-1. The van der Waals surface area contributed by atoms with Gasteiger partial charge in [-0.1, -0.05) is 0 Å². The van der Waals surface area contributed by atoms with Crippen molar-refractivity contribution < 1.29 is 33.3 Å². The first kappa shape index (κ1) is 14.0. The molecule has 0 bridgehead atoms. The Morgan fingerprint density at radius 3 is 2.47 bits per heavy atom. The van der Waals surface area contributed by atoms with Crippen LogP contribution in [0.15, 0.2) is 29.3 Å². The van der Waals surface area contributed by atoms with Gasteiger partial charge in [-0.25, -0.2) is 9.36 Å². The van der Waals surface area contributed by atoms with Gasteiger partial charge < -0.3 is 24.0 Å². The number of carbonyl (C=O) groups is 1. The molecule has 2 aromatic rings.